The number of amides is 1. The van der Waals surface area contributed by atoms with Gasteiger partial charge in [-0.05, 0) is 53.0 Å². The van der Waals surface area contributed by atoms with E-state index in [-0.39, 0.29) is 17.6 Å². The molecular formula is C16H15BrClN3O3. The summed E-state index contributed by atoms with van der Waals surface area (Å²) in [5, 5.41) is 11.4. The fourth-order valence-corrected chi connectivity index (χ4v) is 3.03. The number of carbonyl (C=O) groups is 1. The van der Waals surface area contributed by atoms with Gasteiger partial charge in [-0.3, -0.25) is 4.79 Å². The van der Waals surface area contributed by atoms with E-state index in [1.165, 1.54) is 0 Å². The van der Waals surface area contributed by atoms with Crippen LogP contribution in [0.15, 0.2) is 34.8 Å². The van der Waals surface area contributed by atoms with Crippen molar-refractivity contribution in [2.45, 2.75) is 18.9 Å². The van der Waals surface area contributed by atoms with E-state index in [4.69, 9.17) is 21.1 Å². The number of rotatable bonds is 4. The van der Waals surface area contributed by atoms with E-state index < -0.39 is 0 Å². The van der Waals surface area contributed by atoms with Gasteiger partial charge < -0.3 is 14.8 Å². The van der Waals surface area contributed by atoms with Gasteiger partial charge in [0.15, 0.2) is 5.69 Å². The molecule has 0 unspecified atom stereocenters. The molecule has 126 valence electrons. The highest BCUT2D eigenvalue weighted by molar-refractivity contribution is 9.10. The summed E-state index contributed by atoms with van der Waals surface area (Å²) in [7, 11) is 0. The highest BCUT2D eigenvalue weighted by Gasteiger charge is 2.18. The van der Waals surface area contributed by atoms with Crippen LogP contribution < -0.4 is 10.1 Å². The number of halogens is 2. The van der Waals surface area contributed by atoms with E-state index >= 15 is 0 Å². The summed E-state index contributed by atoms with van der Waals surface area (Å²) >= 11 is 9.26. The van der Waals surface area contributed by atoms with Crippen LogP contribution in [-0.4, -0.2) is 35.4 Å². The van der Waals surface area contributed by atoms with Gasteiger partial charge in [-0.15, -0.1) is 10.2 Å². The molecule has 2 heterocycles. The Bertz CT molecular complexity index is 721. The molecule has 6 nitrogen and oxygen atoms in total. The van der Waals surface area contributed by atoms with Gasteiger partial charge in [-0.1, -0.05) is 11.6 Å². The summed E-state index contributed by atoms with van der Waals surface area (Å²) in [5.74, 6) is 0.613. The summed E-state index contributed by atoms with van der Waals surface area (Å²) in [5.41, 5.74) is 0.254. The third-order valence-corrected chi connectivity index (χ3v) is 4.39. The van der Waals surface area contributed by atoms with Gasteiger partial charge in [0.1, 0.15) is 5.75 Å². The average molecular weight is 413 g/mol. The minimum absolute atomic E-state index is 0.119. The molecule has 1 aromatic heterocycles. The molecule has 0 bridgehead atoms. The lowest BCUT2D eigenvalue weighted by molar-refractivity contribution is 0.0693. The molecule has 24 heavy (non-hydrogen) atoms. The first-order chi connectivity index (χ1) is 11.6. The molecule has 3 rings (SSSR count). The first kappa shape index (κ1) is 17.1. The molecular weight excluding hydrogens is 398 g/mol. The van der Waals surface area contributed by atoms with E-state index in [0.29, 0.717) is 34.3 Å². The van der Waals surface area contributed by atoms with Crippen LogP contribution in [0.5, 0.6) is 11.6 Å². The van der Waals surface area contributed by atoms with Crippen molar-refractivity contribution in [2.24, 2.45) is 0 Å². The number of benzene rings is 1. The number of carbonyl (C=O) groups excluding carboxylic acids is 1. The lowest BCUT2D eigenvalue weighted by Gasteiger charge is -2.22. The van der Waals surface area contributed by atoms with Crippen molar-refractivity contribution in [3.63, 3.8) is 0 Å². The topological polar surface area (TPSA) is 73.3 Å². The van der Waals surface area contributed by atoms with Gasteiger partial charge in [0.05, 0.1) is 4.47 Å². The van der Waals surface area contributed by atoms with Gasteiger partial charge >= 0.3 is 0 Å². The minimum atomic E-state index is -0.242. The second kappa shape index (κ2) is 7.92. The van der Waals surface area contributed by atoms with Crippen LogP contribution in [0, 0.1) is 0 Å². The Kier molecular flexibility index (Phi) is 5.65. The van der Waals surface area contributed by atoms with E-state index in [2.05, 4.69) is 31.4 Å². The molecule has 1 aromatic carbocycles. The molecule has 0 aliphatic carbocycles. The Labute approximate surface area is 152 Å². The van der Waals surface area contributed by atoms with Gasteiger partial charge in [-0.25, -0.2) is 0 Å². The van der Waals surface area contributed by atoms with Crippen molar-refractivity contribution in [3.05, 3.63) is 45.5 Å². The average Bonchev–Trinajstić information content (AvgIpc) is 2.59. The molecule has 1 fully saturated rings. The Hall–Kier alpha value is -1.70. The Balaban J connectivity index is 1.63. The van der Waals surface area contributed by atoms with Crippen molar-refractivity contribution >= 4 is 33.4 Å². The maximum atomic E-state index is 12.2. The zero-order chi connectivity index (χ0) is 16.9. The zero-order valence-corrected chi connectivity index (χ0v) is 15.0. The summed E-state index contributed by atoms with van der Waals surface area (Å²) < 4.78 is 11.6. The van der Waals surface area contributed by atoms with E-state index in [9.17, 15) is 4.79 Å². The summed E-state index contributed by atoms with van der Waals surface area (Å²) in [6, 6.07) is 8.47. The lowest BCUT2D eigenvalue weighted by Crippen LogP contribution is -2.39. The Morgan fingerprint density at radius 2 is 2.04 bits per heavy atom. The molecule has 0 atom stereocenters. The first-order valence-corrected chi connectivity index (χ1v) is 8.64. The number of aromatic nitrogens is 2. The standard InChI is InChI=1S/C16H15BrClN3O3/c17-12-9-10(18)1-3-14(12)24-15-4-2-13(20-21-15)16(22)19-11-5-7-23-8-6-11/h1-4,9,11H,5-8H2,(H,19,22). The maximum absolute atomic E-state index is 12.2. The predicted octanol–water partition coefficient (Wildman–Crippen LogP) is 3.59. The van der Waals surface area contributed by atoms with E-state index in [1.807, 2.05) is 0 Å². The smallest absolute Gasteiger partial charge is 0.272 e. The predicted molar refractivity (Wildman–Crippen MR) is 92.6 cm³/mol. The fourth-order valence-electron chi connectivity index (χ4n) is 2.27. The minimum Gasteiger partial charge on any atom is -0.436 e. The largest absolute Gasteiger partial charge is 0.436 e. The highest BCUT2D eigenvalue weighted by Crippen LogP contribution is 2.30. The molecule has 8 heteroatoms. The zero-order valence-electron chi connectivity index (χ0n) is 12.7. The summed E-state index contributed by atoms with van der Waals surface area (Å²) in [6.07, 6.45) is 1.62. The summed E-state index contributed by atoms with van der Waals surface area (Å²) in [6.45, 7) is 1.33. The number of hydrogen-bond donors (Lipinski definition) is 1. The monoisotopic (exact) mass is 411 g/mol. The quantitative estimate of drug-likeness (QED) is 0.831. The van der Waals surface area contributed by atoms with Crippen LogP contribution in [0.3, 0.4) is 0 Å². The molecule has 1 amide bonds. The Morgan fingerprint density at radius 1 is 1.25 bits per heavy atom. The molecule has 0 radical (unpaired) electrons. The van der Waals surface area contributed by atoms with Crippen molar-refractivity contribution in [1.29, 1.82) is 0 Å². The molecule has 1 saturated heterocycles. The van der Waals surface area contributed by atoms with E-state index in [0.717, 1.165) is 12.8 Å². The third-order valence-electron chi connectivity index (χ3n) is 3.54. The molecule has 1 aliphatic heterocycles. The fraction of sp³-hybridized carbons (Fsp3) is 0.312. The Morgan fingerprint density at radius 3 is 2.71 bits per heavy atom. The number of ether oxygens (including phenoxy) is 2. The van der Waals surface area contributed by atoms with Gasteiger partial charge in [-0.2, -0.15) is 0 Å². The highest BCUT2D eigenvalue weighted by atomic mass is 79.9. The molecule has 1 aliphatic rings. The van der Waals surface area contributed by atoms with Crippen molar-refractivity contribution in [3.8, 4) is 11.6 Å². The van der Waals surface area contributed by atoms with Crippen LogP contribution in [0.1, 0.15) is 23.3 Å². The third kappa shape index (κ3) is 4.43. The first-order valence-electron chi connectivity index (χ1n) is 7.47. The molecule has 1 N–H and O–H groups in total. The lowest BCUT2D eigenvalue weighted by atomic mass is 10.1. The number of nitrogens with zero attached hydrogens (tertiary/aromatic N) is 2. The van der Waals surface area contributed by atoms with Crippen LogP contribution in [0.2, 0.25) is 5.02 Å². The second-order valence-corrected chi connectivity index (χ2v) is 6.58. The molecule has 0 spiro atoms. The van der Waals surface area contributed by atoms with E-state index in [1.54, 1.807) is 30.3 Å². The van der Waals surface area contributed by atoms with Gasteiger partial charge in [0.2, 0.25) is 5.88 Å². The van der Waals surface area contributed by atoms with Crippen LogP contribution in [0.25, 0.3) is 0 Å². The molecule has 0 saturated carbocycles. The normalized spacial score (nSPS) is 15.1. The second-order valence-electron chi connectivity index (χ2n) is 5.29. The van der Waals surface area contributed by atoms with Gasteiger partial charge in [0, 0.05) is 30.3 Å². The summed E-state index contributed by atoms with van der Waals surface area (Å²) in [4.78, 5) is 12.2. The van der Waals surface area contributed by atoms with Crippen molar-refractivity contribution in [1.82, 2.24) is 15.5 Å². The number of nitrogens with one attached hydrogen (secondary N) is 1. The molecule has 2 aromatic rings. The van der Waals surface area contributed by atoms with Crippen LogP contribution in [0.4, 0.5) is 0 Å². The van der Waals surface area contributed by atoms with Gasteiger partial charge in [0.25, 0.3) is 5.91 Å². The SMILES string of the molecule is O=C(NC1CCOCC1)c1ccc(Oc2ccc(Cl)cc2Br)nn1. The maximum Gasteiger partial charge on any atom is 0.272 e. The van der Waals surface area contributed by atoms with Crippen LogP contribution >= 0.6 is 27.5 Å². The number of hydrogen-bond acceptors (Lipinski definition) is 5. The van der Waals surface area contributed by atoms with Crippen LogP contribution in [-0.2, 0) is 4.74 Å². The van der Waals surface area contributed by atoms with Crippen molar-refractivity contribution < 1.29 is 14.3 Å². The van der Waals surface area contributed by atoms with Crippen molar-refractivity contribution in [2.75, 3.05) is 13.2 Å².